The van der Waals surface area contributed by atoms with Crippen LogP contribution >= 0.6 is 12.1 Å². The van der Waals surface area contributed by atoms with Crippen molar-refractivity contribution in [3.05, 3.63) is 70.5 Å². The van der Waals surface area contributed by atoms with Crippen LogP contribution < -0.4 is 9.19 Å². The van der Waals surface area contributed by atoms with Crippen molar-refractivity contribution in [2.24, 2.45) is 0 Å². The van der Waals surface area contributed by atoms with Crippen LogP contribution in [-0.4, -0.2) is 50.7 Å². The Labute approximate surface area is 211 Å². The van der Waals surface area contributed by atoms with E-state index in [0.717, 1.165) is 59.6 Å². The number of fused-ring (bicyclic) bond motifs is 1. The molecule has 2 aliphatic rings. The first-order valence-corrected chi connectivity index (χ1v) is 12.5. The van der Waals surface area contributed by atoms with Crippen LogP contribution in [0.1, 0.15) is 53.1 Å². The van der Waals surface area contributed by atoms with Gasteiger partial charge in [-0.3, -0.25) is 19.6 Å². The molecular formula is C24H26F2N6O3S. The van der Waals surface area contributed by atoms with Crippen LogP contribution in [0.2, 0.25) is 0 Å². The number of likely N-dealkylation sites (tertiary alicyclic amines) is 1. The molecule has 0 bridgehead atoms. The van der Waals surface area contributed by atoms with Crippen LogP contribution in [0, 0.1) is 11.6 Å². The van der Waals surface area contributed by atoms with E-state index in [1.807, 2.05) is 19.1 Å². The van der Waals surface area contributed by atoms with Gasteiger partial charge in [0.05, 0.1) is 17.8 Å². The molecule has 1 aromatic heterocycles. The summed E-state index contributed by atoms with van der Waals surface area (Å²) >= 11 is 0.819. The predicted octanol–water partition coefficient (Wildman–Crippen LogP) is 4.57. The van der Waals surface area contributed by atoms with Gasteiger partial charge in [0.2, 0.25) is 0 Å². The van der Waals surface area contributed by atoms with E-state index in [0.29, 0.717) is 30.9 Å². The lowest BCUT2D eigenvalue weighted by Crippen LogP contribution is -2.33. The maximum absolute atomic E-state index is 13.7. The second-order valence-corrected chi connectivity index (χ2v) is 9.67. The van der Waals surface area contributed by atoms with E-state index in [9.17, 15) is 18.8 Å². The smallest absolute Gasteiger partial charge is 0.333 e. The Kier molecular flexibility index (Phi) is 7.08. The van der Waals surface area contributed by atoms with Crippen molar-refractivity contribution in [1.29, 1.82) is 0 Å². The number of aromatic nitrogens is 2. The lowest BCUT2D eigenvalue weighted by Gasteiger charge is -2.34. The number of hydrogen-bond acceptors (Lipinski definition) is 9. The fourth-order valence-corrected chi connectivity index (χ4v) is 5.06. The molecule has 2 N–H and O–H groups in total. The largest absolute Gasteiger partial charge is 0.336 e. The molecule has 3 aromatic rings. The number of nitrogens with one attached hydrogen (secondary N) is 1. The molecule has 1 fully saturated rings. The summed E-state index contributed by atoms with van der Waals surface area (Å²) in [7, 11) is 0. The highest BCUT2D eigenvalue weighted by Gasteiger charge is 2.25. The minimum atomic E-state index is -0.592. The third-order valence-corrected chi connectivity index (χ3v) is 7.25. The van der Waals surface area contributed by atoms with Gasteiger partial charge >= 0.3 is 6.01 Å². The van der Waals surface area contributed by atoms with Crippen molar-refractivity contribution < 1.29 is 23.3 Å². The molecule has 2 aliphatic heterocycles. The third-order valence-electron chi connectivity index (χ3n) is 6.60. The van der Waals surface area contributed by atoms with E-state index in [-0.39, 0.29) is 23.8 Å². The van der Waals surface area contributed by atoms with E-state index in [2.05, 4.69) is 19.8 Å². The van der Waals surface area contributed by atoms with Gasteiger partial charge in [-0.1, -0.05) is 6.07 Å². The summed E-state index contributed by atoms with van der Waals surface area (Å²) < 4.78 is 36.2. The topological polar surface area (TPSA) is 98.0 Å². The monoisotopic (exact) mass is 516 g/mol. The van der Waals surface area contributed by atoms with Crippen LogP contribution in [0.25, 0.3) is 0 Å². The summed E-state index contributed by atoms with van der Waals surface area (Å²) in [5.74, 6) is -1.48. The molecule has 190 valence electrons. The molecule has 1 amide bonds. The molecule has 3 heterocycles. The van der Waals surface area contributed by atoms with Gasteiger partial charge in [0.15, 0.2) is 0 Å². The number of anilines is 2. The Bertz CT molecular complexity index is 1230. The van der Waals surface area contributed by atoms with Crippen molar-refractivity contribution in [2.45, 2.75) is 38.8 Å². The van der Waals surface area contributed by atoms with Gasteiger partial charge in [0.1, 0.15) is 11.6 Å². The first-order chi connectivity index (χ1) is 17.4. The summed E-state index contributed by atoms with van der Waals surface area (Å²) in [5.41, 5.74) is 3.27. The van der Waals surface area contributed by atoms with Gasteiger partial charge in [-0.2, -0.15) is 9.45 Å². The Balaban J connectivity index is 1.21. The summed E-state index contributed by atoms with van der Waals surface area (Å²) in [4.78, 5) is 20.2. The van der Waals surface area contributed by atoms with E-state index < -0.39 is 11.6 Å². The molecule has 1 unspecified atom stereocenters. The third kappa shape index (κ3) is 5.30. The van der Waals surface area contributed by atoms with Crippen LogP contribution in [-0.2, 0) is 13.0 Å². The fraction of sp³-hybridized carbons (Fsp3) is 0.375. The Morgan fingerprint density at radius 1 is 1.14 bits per heavy atom. The number of benzene rings is 2. The average molecular weight is 517 g/mol. The Morgan fingerprint density at radius 3 is 2.64 bits per heavy atom. The second-order valence-electron chi connectivity index (χ2n) is 8.94. The van der Waals surface area contributed by atoms with Crippen molar-refractivity contribution in [3.8, 4) is 0 Å². The Morgan fingerprint density at radius 2 is 1.89 bits per heavy atom. The molecule has 0 radical (unpaired) electrons. The van der Waals surface area contributed by atoms with E-state index in [4.69, 9.17) is 4.52 Å². The zero-order valence-corrected chi connectivity index (χ0v) is 20.5. The summed E-state index contributed by atoms with van der Waals surface area (Å²) in [6, 6.07) is 9.03. The average Bonchev–Trinajstić information content (AvgIpc) is 3.58. The minimum absolute atomic E-state index is 0.00174. The Hall–Kier alpha value is -3.22. The zero-order valence-electron chi connectivity index (χ0n) is 19.7. The number of nitrogens with zero attached hydrogens (tertiary/aromatic N) is 5. The molecule has 2 aromatic carbocycles. The summed E-state index contributed by atoms with van der Waals surface area (Å²) in [6.07, 6.45) is 2.71. The molecular weight excluding hydrogens is 490 g/mol. The second kappa shape index (κ2) is 10.4. The van der Waals surface area contributed by atoms with Crippen molar-refractivity contribution in [2.75, 3.05) is 28.8 Å². The quantitative estimate of drug-likeness (QED) is 0.346. The van der Waals surface area contributed by atoms with Crippen LogP contribution in [0.4, 0.5) is 20.5 Å². The van der Waals surface area contributed by atoms with Gasteiger partial charge in [0.25, 0.3) is 11.7 Å². The normalized spacial score (nSPS) is 16.6. The van der Waals surface area contributed by atoms with Crippen molar-refractivity contribution >= 4 is 29.7 Å². The first-order valence-electron chi connectivity index (χ1n) is 11.7. The highest BCUT2D eigenvalue weighted by molar-refractivity contribution is 8.01. The predicted molar refractivity (Wildman–Crippen MR) is 130 cm³/mol. The summed E-state index contributed by atoms with van der Waals surface area (Å²) in [5, 5.41) is 14.3. The molecule has 0 saturated carbocycles. The van der Waals surface area contributed by atoms with E-state index in [1.54, 1.807) is 11.0 Å². The van der Waals surface area contributed by atoms with Gasteiger partial charge in [-0.05, 0) is 72.3 Å². The first kappa shape index (κ1) is 24.5. The fourth-order valence-electron chi connectivity index (χ4n) is 4.59. The van der Waals surface area contributed by atoms with E-state index >= 15 is 0 Å². The molecule has 9 nitrogen and oxygen atoms in total. The molecule has 0 spiro atoms. The molecule has 0 aliphatic carbocycles. The summed E-state index contributed by atoms with van der Waals surface area (Å²) in [6.45, 7) is 4.61. The lowest BCUT2D eigenvalue weighted by atomic mass is 9.96. The highest BCUT2D eigenvalue weighted by atomic mass is 32.2. The number of halogens is 2. The highest BCUT2D eigenvalue weighted by Crippen LogP contribution is 2.31. The number of hydrogen-bond donors (Lipinski definition) is 2. The molecule has 12 heteroatoms. The van der Waals surface area contributed by atoms with Crippen LogP contribution in [0.5, 0.6) is 0 Å². The van der Waals surface area contributed by atoms with Gasteiger partial charge in [-0.25, -0.2) is 8.78 Å². The van der Waals surface area contributed by atoms with Crippen LogP contribution in [0.3, 0.4) is 0 Å². The lowest BCUT2D eigenvalue weighted by molar-refractivity contribution is 0.0777. The molecule has 1 atom stereocenters. The number of amides is 1. The molecule has 1 saturated heterocycles. The number of carbonyl (C=O) groups excluding carboxylic acids is 1. The maximum atomic E-state index is 13.7. The van der Waals surface area contributed by atoms with E-state index in [1.165, 1.54) is 12.1 Å². The maximum Gasteiger partial charge on any atom is 0.333 e. The van der Waals surface area contributed by atoms with Crippen LogP contribution in [0.15, 0.2) is 40.9 Å². The molecule has 5 rings (SSSR count). The zero-order chi connectivity index (χ0) is 25.2. The SMILES string of the molecule is CC(c1cc(F)cc(F)c1)N1CCc2ccc(N(O)SNc3nc(C(=O)N4CCCC4)no3)cc2C1. The molecule has 36 heavy (non-hydrogen) atoms. The van der Waals surface area contributed by atoms with Gasteiger partial charge in [-0.15, -0.1) is 0 Å². The van der Waals surface area contributed by atoms with Gasteiger partial charge in [0, 0.05) is 38.3 Å². The standard InChI is InChI=1S/C24H26F2N6O3S/c1-15(17-10-19(25)13-20(26)11-17)31-9-6-16-4-5-21(12-18(16)14-31)32(34)36-29-24-27-22(28-35-24)23(33)30-7-2-3-8-30/h4-5,10-13,15,34H,2-3,6-9,14H2,1H3,(H,27,28,29). The van der Waals surface area contributed by atoms with Crippen molar-refractivity contribution in [3.63, 3.8) is 0 Å². The van der Waals surface area contributed by atoms with Crippen molar-refractivity contribution in [1.82, 2.24) is 19.9 Å². The minimum Gasteiger partial charge on any atom is -0.336 e. The van der Waals surface area contributed by atoms with Gasteiger partial charge < -0.3 is 9.42 Å². The number of rotatable bonds is 7. The number of carbonyl (C=O) groups is 1.